The van der Waals surface area contributed by atoms with E-state index >= 15 is 0 Å². The fourth-order valence-electron chi connectivity index (χ4n) is 2.48. The molecule has 0 aromatic heterocycles. The summed E-state index contributed by atoms with van der Waals surface area (Å²) < 4.78 is 5.88. The minimum absolute atomic E-state index is 0.591. The van der Waals surface area contributed by atoms with Gasteiger partial charge in [0.25, 0.3) is 0 Å². The molecule has 0 saturated carbocycles. The van der Waals surface area contributed by atoms with Gasteiger partial charge >= 0.3 is 0 Å². The first-order valence-electron chi connectivity index (χ1n) is 8.15. The predicted molar refractivity (Wildman–Crippen MR) is 100 cm³/mol. The molecule has 3 aromatic carbocycles. The minimum atomic E-state index is 0.591. The van der Waals surface area contributed by atoms with E-state index < -0.39 is 0 Å². The van der Waals surface area contributed by atoms with Gasteiger partial charge in [0, 0.05) is 17.9 Å². The number of hydrogen-bond acceptors (Lipinski definition) is 3. The van der Waals surface area contributed by atoms with Crippen molar-refractivity contribution in [2.45, 2.75) is 13.0 Å². The molecule has 0 amide bonds. The number of hydrogen-bond donors (Lipinski definition) is 2. The van der Waals surface area contributed by atoms with Gasteiger partial charge in [0.1, 0.15) is 12.4 Å². The molecule has 24 heavy (non-hydrogen) atoms. The van der Waals surface area contributed by atoms with Crippen LogP contribution in [-0.2, 0) is 13.0 Å². The second kappa shape index (κ2) is 8.06. The van der Waals surface area contributed by atoms with E-state index in [0.717, 1.165) is 30.1 Å². The molecule has 0 aliphatic carbocycles. The van der Waals surface area contributed by atoms with Gasteiger partial charge in [-0.3, -0.25) is 0 Å². The van der Waals surface area contributed by atoms with Gasteiger partial charge in [-0.1, -0.05) is 42.5 Å². The van der Waals surface area contributed by atoms with Gasteiger partial charge in [-0.25, -0.2) is 0 Å². The zero-order chi connectivity index (χ0) is 16.6. The van der Waals surface area contributed by atoms with E-state index in [2.05, 4.69) is 29.6 Å². The second-order valence-corrected chi connectivity index (χ2v) is 5.72. The van der Waals surface area contributed by atoms with Gasteiger partial charge in [-0.15, -0.1) is 0 Å². The van der Waals surface area contributed by atoms with E-state index in [0.29, 0.717) is 6.61 Å². The molecular formula is C21H22N2O. The minimum Gasteiger partial charge on any atom is -0.489 e. The highest BCUT2D eigenvalue weighted by molar-refractivity contribution is 5.51. The summed E-state index contributed by atoms with van der Waals surface area (Å²) >= 11 is 0. The van der Waals surface area contributed by atoms with Gasteiger partial charge in [0.15, 0.2) is 0 Å². The van der Waals surface area contributed by atoms with Gasteiger partial charge in [-0.05, 0) is 53.9 Å². The average molecular weight is 318 g/mol. The Balaban J connectivity index is 1.50. The predicted octanol–water partition coefficient (Wildman–Crippen LogP) is 4.50. The highest BCUT2D eigenvalue weighted by Crippen LogP contribution is 2.16. The van der Waals surface area contributed by atoms with Crippen molar-refractivity contribution in [2.75, 3.05) is 17.6 Å². The van der Waals surface area contributed by atoms with Crippen molar-refractivity contribution in [1.29, 1.82) is 0 Å². The van der Waals surface area contributed by atoms with Crippen molar-refractivity contribution in [1.82, 2.24) is 0 Å². The maximum Gasteiger partial charge on any atom is 0.120 e. The van der Waals surface area contributed by atoms with Gasteiger partial charge < -0.3 is 15.8 Å². The van der Waals surface area contributed by atoms with Crippen molar-refractivity contribution < 1.29 is 4.74 Å². The average Bonchev–Trinajstić information content (AvgIpc) is 2.63. The fraction of sp³-hybridized carbons (Fsp3) is 0.143. The third-order valence-corrected chi connectivity index (χ3v) is 3.80. The standard InChI is InChI=1S/C21H22N2O/c22-19-9-11-20(12-10-19)23-14-13-17-7-4-8-21(15-17)24-16-18-5-2-1-3-6-18/h1-12,15,23H,13-14,16,22H2. The normalized spacial score (nSPS) is 10.3. The van der Waals surface area contributed by atoms with E-state index in [1.807, 2.05) is 54.6 Å². The summed E-state index contributed by atoms with van der Waals surface area (Å²) in [6.07, 6.45) is 0.937. The van der Waals surface area contributed by atoms with E-state index in [4.69, 9.17) is 10.5 Å². The van der Waals surface area contributed by atoms with E-state index in [1.54, 1.807) is 0 Å². The SMILES string of the molecule is Nc1ccc(NCCc2cccc(OCc3ccccc3)c2)cc1. The fourth-order valence-corrected chi connectivity index (χ4v) is 2.48. The molecule has 3 aromatic rings. The number of benzene rings is 3. The van der Waals surface area contributed by atoms with Crippen LogP contribution in [0.5, 0.6) is 5.75 Å². The number of anilines is 2. The van der Waals surface area contributed by atoms with Crippen LogP contribution >= 0.6 is 0 Å². The first-order valence-corrected chi connectivity index (χ1v) is 8.15. The molecule has 0 bridgehead atoms. The Bertz CT molecular complexity index is 754. The van der Waals surface area contributed by atoms with Crippen molar-refractivity contribution in [3.05, 3.63) is 90.0 Å². The zero-order valence-electron chi connectivity index (χ0n) is 13.6. The number of nitrogens with one attached hydrogen (secondary N) is 1. The van der Waals surface area contributed by atoms with Gasteiger partial charge in [-0.2, -0.15) is 0 Å². The summed E-state index contributed by atoms with van der Waals surface area (Å²) in [6, 6.07) is 26.3. The zero-order valence-corrected chi connectivity index (χ0v) is 13.6. The summed E-state index contributed by atoms with van der Waals surface area (Å²) in [6.45, 7) is 1.46. The number of rotatable bonds is 7. The smallest absolute Gasteiger partial charge is 0.120 e. The molecule has 0 spiro atoms. The summed E-state index contributed by atoms with van der Waals surface area (Å²) in [5.41, 5.74) is 9.98. The number of nitrogen functional groups attached to an aromatic ring is 1. The molecule has 0 aliphatic rings. The molecule has 0 radical (unpaired) electrons. The van der Waals surface area contributed by atoms with Crippen LogP contribution in [0.15, 0.2) is 78.9 Å². The summed E-state index contributed by atoms with van der Waals surface area (Å²) in [5.74, 6) is 0.906. The molecule has 0 heterocycles. The van der Waals surface area contributed by atoms with Crippen LogP contribution in [0.3, 0.4) is 0 Å². The lowest BCUT2D eigenvalue weighted by Crippen LogP contribution is -2.05. The van der Waals surface area contributed by atoms with Crippen LogP contribution in [0.1, 0.15) is 11.1 Å². The largest absolute Gasteiger partial charge is 0.489 e. The van der Waals surface area contributed by atoms with Crippen LogP contribution in [0, 0.1) is 0 Å². The third kappa shape index (κ3) is 4.78. The highest BCUT2D eigenvalue weighted by Gasteiger charge is 1.99. The van der Waals surface area contributed by atoms with Crippen LogP contribution in [0.4, 0.5) is 11.4 Å². The Kier molecular flexibility index (Phi) is 5.36. The molecule has 0 saturated heterocycles. The second-order valence-electron chi connectivity index (χ2n) is 5.72. The lowest BCUT2D eigenvalue weighted by Gasteiger charge is -2.09. The van der Waals surface area contributed by atoms with Crippen LogP contribution < -0.4 is 15.8 Å². The van der Waals surface area contributed by atoms with E-state index in [1.165, 1.54) is 11.1 Å². The van der Waals surface area contributed by atoms with E-state index in [-0.39, 0.29) is 0 Å². The third-order valence-electron chi connectivity index (χ3n) is 3.80. The molecule has 3 rings (SSSR count). The van der Waals surface area contributed by atoms with E-state index in [9.17, 15) is 0 Å². The molecule has 3 N–H and O–H groups in total. The maximum atomic E-state index is 5.88. The van der Waals surface area contributed by atoms with Crippen LogP contribution in [0.2, 0.25) is 0 Å². The molecule has 0 atom stereocenters. The first kappa shape index (κ1) is 15.9. The molecule has 122 valence electrons. The molecule has 0 unspecified atom stereocenters. The Morgan fingerprint density at radius 1 is 0.792 bits per heavy atom. The Hall–Kier alpha value is -2.94. The molecule has 3 heteroatoms. The number of ether oxygens (including phenoxy) is 1. The first-order chi connectivity index (χ1) is 11.8. The monoisotopic (exact) mass is 318 g/mol. The van der Waals surface area contributed by atoms with Crippen molar-refractivity contribution in [3.63, 3.8) is 0 Å². The molecular weight excluding hydrogens is 296 g/mol. The number of nitrogens with two attached hydrogens (primary N) is 1. The maximum absolute atomic E-state index is 5.88. The quantitative estimate of drug-likeness (QED) is 0.630. The summed E-state index contributed by atoms with van der Waals surface area (Å²) in [7, 11) is 0. The Morgan fingerprint density at radius 2 is 1.54 bits per heavy atom. The topological polar surface area (TPSA) is 47.3 Å². The molecule has 0 aliphatic heterocycles. The lowest BCUT2D eigenvalue weighted by molar-refractivity contribution is 0.306. The van der Waals surface area contributed by atoms with Crippen LogP contribution in [-0.4, -0.2) is 6.54 Å². The Labute approximate surface area is 143 Å². The summed E-state index contributed by atoms with van der Waals surface area (Å²) in [4.78, 5) is 0. The van der Waals surface area contributed by atoms with Crippen molar-refractivity contribution >= 4 is 11.4 Å². The van der Waals surface area contributed by atoms with Gasteiger partial charge in [0.2, 0.25) is 0 Å². The molecule has 0 fully saturated rings. The summed E-state index contributed by atoms with van der Waals surface area (Å²) in [5, 5.41) is 3.40. The van der Waals surface area contributed by atoms with Gasteiger partial charge in [0.05, 0.1) is 0 Å². The van der Waals surface area contributed by atoms with Crippen LogP contribution in [0.25, 0.3) is 0 Å². The highest BCUT2D eigenvalue weighted by atomic mass is 16.5. The molecule has 3 nitrogen and oxygen atoms in total. The van der Waals surface area contributed by atoms with Crippen molar-refractivity contribution in [3.8, 4) is 5.75 Å². The van der Waals surface area contributed by atoms with Crippen molar-refractivity contribution in [2.24, 2.45) is 0 Å². The Morgan fingerprint density at radius 3 is 2.33 bits per heavy atom. The lowest BCUT2D eigenvalue weighted by atomic mass is 10.1.